The SMILES string of the molecule is CCCC(=O)c1ccc(NC(=O)c2cccs2)cc1. The molecule has 0 atom stereocenters. The first-order valence-corrected chi connectivity index (χ1v) is 7.07. The van der Waals surface area contributed by atoms with Gasteiger partial charge in [0.15, 0.2) is 5.78 Å². The number of amides is 1. The Balaban J connectivity index is 2.03. The normalized spacial score (nSPS) is 10.2. The van der Waals surface area contributed by atoms with Crippen LogP contribution in [0.5, 0.6) is 0 Å². The minimum Gasteiger partial charge on any atom is -0.321 e. The Bertz CT molecular complexity index is 558. The van der Waals surface area contributed by atoms with E-state index in [4.69, 9.17) is 0 Å². The van der Waals surface area contributed by atoms with E-state index < -0.39 is 0 Å². The minimum absolute atomic E-state index is 0.123. The van der Waals surface area contributed by atoms with E-state index in [0.717, 1.165) is 6.42 Å². The van der Waals surface area contributed by atoms with Crippen LogP contribution in [0.25, 0.3) is 0 Å². The number of Topliss-reactive ketones (excluding diaryl/α,β-unsaturated/α-hetero) is 1. The Labute approximate surface area is 116 Å². The molecule has 0 radical (unpaired) electrons. The number of thiophene rings is 1. The molecule has 0 fully saturated rings. The van der Waals surface area contributed by atoms with Gasteiger partial charge in [0.05, 0.1) is 4.88 Å². The maximum Gasteiger partial charge on any atom is 0.265 e. The molecule has 2 aromatic rings. The van der Waals surface area contributed by atoms with E-state index >= 15 is 0 Å². The Morgan fingerprint density at radius 1 is 1.16 bits per heavy atom. The molecule has 3 nitrogen and oxygen atoms in total. The van der Waals surface area contributed by atoms with Crippen molar-refractivity contribution in [2.45, 2.75) is 19.8 Å². The van der Waals surface area contributed by atoms with Crippen molar-refractivity contribution in [3.05, 3.63) is 52.2 Å². The Kier molecular flexibility index (Phi) is 4.47. The highest BCUT2D eigenvalue weighted by Gasteiger charge is 2.08. The molecule has 1 heterocycles. The summed E-state index contributed by atoms with van der Waals surface area (Å²) in [5.41, 5.74) is 1.39. The highest BCUT2D eigenvalue weighted by atomic mass is 32.1. The summed E-state index contributed by atoms with van der Waals surface area (Å²) in [6.07, 6.45) is 1.40. The van der Waals surface area contributed by atoms with E-state index in [1.54, 1.807) is 30.3 Å². The predicted molar refractivity (Wildman–Crippen MR) is 78.0 cm³/mol. The minimum atomic E-state index is -0.123. The van der Waals surface area contributed by atoms with Gasteiger partial charge in [0.1, 0.15) is 0 Å². The first-order valence-electron chi connectivity index (χ1n) is 6.19. The molecule has 0 aliphatic carbocycles. The fourth-order valence-electron chi connectivity index (χ4n) is 1.71. The second-order valence-electron chi connectivity index (χ2n) is 4.18. The fraction of sp³-hybridized carbons (Fsp3) is 0.200. The second kappa shape index (κ2) is 6.29. The highest BCUT2D eigenvalue weighted by molar-refractivity contribution is 7.12. The molecule has 0 saturated heterocycles. The molecule has 0 spiro atoms. The van der Waals surface area contributed by atoms with Crippen molar-refractivity contribution in [2.24, 2.45) is 0 Å². The molecule has 0 bridgehead atoms. The standard InChI is InChI=1S/C15H15NO2S/c1-2-4-13(17)11-6-8-12(9-7-11)16-15(18)14-5-3-10-19-14/h3,5-10H,2,4H2,1H3,(H,16,18). The van der Waals surface area contributed by atoms with E-state index in [1.165, 1.54) is 11.3 Å². The summed E-state index contributed by atoms with van der Waals surface area (Å²) in [5, 5.41) is 4.67. The van der Waals surface area contributed by atoms with E-state index in [1.807, 2.05) is 18.4 Å². The van der Waals surface area contributed by atoms with E-state index in [0.29, 0.717) is 22.5 Å². The van der Waals surface area contributed by atoms with Crippen LogP contribution in [-0.2, 0) is 0 Å². The van der Waals surface area contributed by atoms with Gasteiger partial charge in [-0.15, -0.1) is 11.3 Å². The molecular formula is C15H15NO2S. The van der Waals surface area contributed by atoms with Gasteiger partial charge in [-0.1, -0.05) is 13.0 Å². The zero-order chi connectivity index (χ0) is 13.7. The average Bonchev–Trinajstić information content (AvgIpc) is 2.94. The quantitative estimate of drug-likeness (QED) is 0.837. The summed E-state index contributed by atoms with van der Waals surface area (Å²) in [7, 11) is 0. The van der Waals surface area contributed by atoms with E-state index in [-0.39, 0.29) is 11.7 Å². The van der Waals surface area contributed by atoms with Crippen LogP contribution in [0.2, 0.25) is 0 Å². The van der Waals surface area contributed by atoms with Crippen molar-refractivity contribution in [2.75, 3.05) is 5.32 Å². The lowest BCUT2D eigenvalue weighted by Crippen LogP contribution is -2.10. The third-order valence-electron chi connectivity index (χ3n) is 2.69. The van der Waals surface area contributed by atoms with Crippen molar-refractivity contribution >= 4 is 28.7 Å². The van der Waals surface area contributed by atoms with Crippen LogP contribution in [-0.4, -0.2) is 11.7 Å². The van der Waals surface area contributed by atoms with Crippen molar-refractivity contribution in [1.82, 2.24) is 0 Å². The molecule has 0 aliphatic rings. The maximum absolute atomic E-state index is 11.8. The molecular weight excluding hydrogens is 258 g/mol. The number of ketones is 1. The molecule has 2 rings (SSSR count). The summed E-state index contributed by atoms with van der Waals surface area (Å²) < 4.78 is 0. The lowest BCUT2D eigenvalue weighted by atomic mass is 10.1. The lowest BCUT2D eigenvalue weighted by Gasteiger charge is -2.05. The molecule has 4 heteroatoms. The predicted octanol–water partition coefficient (Wildman–Crippen LogP) is 3.98. The average molecular weight is 273 g/mol. The second-order valence-corrected chi connectivity index (χ2v) is 5.13. The van der Waals surface area contributed by atoms with Crippen LogP contribution in [0.1, 0.15) is 39.8 Å². The zero-order valence-electron chi connectivity index (χ0n) is 10.7. The van der Waals surface area contributed by atoms with Crippen LogP contribution in [0, 0.1) is 0 Å². The lowest BCUT2D eigenvalue weighted by molar-refractivity contribution is 0.0980. The molecule has 1 aromatic heterocycles. The molecule has 19 heavy (non-hydrogen) atoms. The molecule has 1 amide bonds. The number of carbonyl (C=O) groups is 2. The third-order valence-corrected chi connectivity index (χ3v) is 3.56. The van der Waals surface area contributed by atoms with Gasteiger partial charge in [0, 0.05) is 17.7 Å². The summed E-state index contributed by atoms with van der Waals surface area (Å²) in [6.45, 7) is 1.98. The van der Waals surface area contributed by atoms with Gasteiger partial charge >= 0.3 is 0 Å². The third kappa shape index (κ3) is 3.51. The van der Waals surface area contributed by atoms with Crippen LogP contribution in [0.15, 0.2) is 41.8 Å². The van der Waals surface area contributed by atoms with Crippen molar-refractivity contribution in [1.29, 1.82) is 0 Å². The monoisotopic (exact) mass is 273 g/mol. The van der Waals surface area contributed by atoms with Crippen LogP contribution >= 0.6 is 11.3 Å². The largest absolute Gasteiger partial charge is 0.321 e. The Hall–Kier alpha value is -1.94. The maximum atomic E-state index is 11.8. The van der Waals surface area contributed by atoms with E-state index in [2.05, 4.69) is 5.32 Å². The number of rotatable bonds is 5. The number of hydrogen-bond acceptors (Lipinski definition) is 3. The first kappa shape index (κ1) is 13.5. The zero-order valence-corrected chi connectivity index (χ0v) is 11.5. The van der Waals surface area contributed by atoms with Gasteiger partial charge in [-0.3, -0.25) is 9.59 Å². The van der Waals surface area contributed by atoms with Gasteiger partial charge in [-0.05, 0) is 42.1 Å². The van der Waals surface area contributed by atoms with Gasteiger partial charge in [-0.25, -0.2) is 0 Å². The molecule has 1 N–H and O–H groups in total. The molecule has 0 saturated carbocycles. The fourth-order valence-corrected chi connectivity index (χ4v) is 2.33. The summed E-state index contributed by atoms with van der Waals surface area (Å²) in [6, 6.07) is 10.6. The van der Waals surface area contributed by atoms with Crippen LogP contribution < -0.4 is 5.32 Å². The molecule has 0 aliphatic heterocycles. The molecule has 0 unspecified atom stereocenters. The summed E-state index contributed by atoms with van der Waals surface area (Å²) in [5.74, 6) is 0.0151. The Morgan fingerprint density at radius 2 is 1.89 bits per heavy atom. The van der Waals surface area contributed by atoms with Crippen molar-refractivity contribution in [3.8, 4) is 0 Å². The van der Waals surface area contributed by atoms with Crippen molar-refractivity contribution in [3.63, 3.8) is 0 Å². The van der Waals surface area contributed by atoms with Gasteiger partial charge in [-0.2, -0.15) is 0 Å². The number of nitrogens with one attached hydrogen (secondary N) is 1. The van der Waals surface area contributed by atoms with Crippen LogP contribution in [0.3, 0.4) is 0 Å². The number of carbonyl (C=O) groups excluding carboxylic acids is 2. The van der Waals surface area contributed by atoms with E-state index in [9.17, 15) is 9.59 Å². The highest BCUT2D eigenvalue weighted by Crippen LogP contribution is 2.15. The smallest absolute Gasteiger partial charge is 0.265 e. The molecule has 98 valence electrons. The van der Waals surface area contributed by atoms with Gasteiger partial charge in [0.2, 0.25) is 0 Å². The van der Waals surface area contributed by atoms with Gasteiger partial charge < -0.3 is 5.32 Å². The first-order chi connectivity index (χ1) is 9.20. The van der Waals surface area contributed by atoms with Crippen molar-refractivity contribution < 1.29 is 9.59 Å². The summed E-state index contributed by atoms with van der Waals surface area (Å²) in [4.78, 5) is 24.2. The molecule has 1 aromatic carbocycles. The summed E-state index contributed by atoms with van der Waals surface area (Å²) >= 11 is 1.40. The van der Waals surface area contributed by atoms with Crippen LogP contribution in [0.4, 0.5) is 5.69 Å². The Morgan fingerprint density at radius 3 is 2.47 bits per heavy atom. The topological polar surface area (TPSA) is 46.2 Å². The number of benzene rings is 1. The number of hydrogen-bond donors (Lipinski definition) is 1. The number of anilines is 1. The van der Waals surface area contributed by atoms with Gasteiger partial charge in [0.25, 0.3) is 5.91 Å².